The number of hydrogen-bond acceptors (Lipinski definition) is 3. The van der Waals surface area contributed by atoms with E-state index in [0.717, 1.165) is 11.5 Å². The van der Waals surface area contributed by atoms with Crippen LogP contribution >= 0.6 is 0 Å². The van der Waals surface area contributed by atoms with Gasteiger partial charge in [0.2, 0.25) is 0 Å². The van der Waals surface area contributed by atoms with Gasteiger partial charge in [-0.1, -0.05) is 60.7 Å². The number of nitrogens with zero attached hydrogens (tertiary/aromatic N) is 2. The van der Waals surface area contributed by atoms with E-state index < -0.39 is 0 Å². The summed E-state index contributed by atoms with van der Waals surface area (Å²) >= 11 is 0. The van der Waals surface area contributed by atoms with Crippen LogP contribution in [-0.4, -0.2) is 31.2 Å². The number of methoxy groups -OCH3 is 1. The molecule has 2 aromatic carbocycles. The van der Waals surface area contributed by atoms with Gasteiger partial charge in [0.05, 0.1) is 12.8 Å². The molecule has 108 valence electrons. The van der Waals surface area contributed by atoms with Gasteiger partial charge in [0.25, 0.3) is 0 Å². The van der Waals surface area contributed by atoms with Gasteiger partial charge < -0.3 is 9.75 Å². The first kappa shape index (κ1) is 13.7. The first-order chi connectivity index (χ1) is 10.2. The standard InChI is InChI=1S/C18H20N2O/c1-19-16(14-10-6-4-7-11-14)18(21-3)17(20(19)2)15-12-8-5-9-13-15/h4-13,16H,1-3H3. The van der Waals surface area contributed by atoms with E-state index in [0.29, 0.717) is 0 Å². The van der Waals surface area contributed by atoms with Crippen LogP contribution in [-0.2, 0) is 4.74 Å². The maximum absolute atomic E-state index is 5.78. The van der Waals surface area contributed by atoms with Gasteiger partial charge in [-0.3, -0.25) is 0 Å². The van der Waals surface area contributed by atoms with Crippen molar-refractivity contribution in [2.75, 3.05) is 21.2 Å². The first-order valence-corrected chi connectivity index (χ1v) is 7.09. The molecular weight excluding hydrogens is 260 g/mol. The maximum atomic E-state index is 5.78. The molecule has 1 aliphatic rings. The van der Waals surface area contributed by atoms with Crippen LogP contribution in [0.1, 0.15) is 17.2 Å². The molecule has 0 amide bonds. The summed E-state index contributed by atoms with van der Waals surface area (Å²) in [6.45, 7) is 0. The van der Waals surface area contributed by atoms with Crippen molar-refractivity contribution in [1.29, 1.82) is 0 Å². The van der Waals surface area contributed by atoms with Crippen LogP contribution in [0.5, 0.6) is 0 Å². The van der Waals surface area contributed by atoms with Crippen LogP contribution in [0, 0.1) is 0 Å². The zero-order valence-corrected chi connectivity index (χ0v) is 12.7. The SMILES string of the molecule is COC1=C(c2ccccc2)N(C)N(C)C1c1ccccc1. The Morgan fingerprint density at radius 1 is 0.857 bits per heavy atom. The molecule has 1 aliphatic heterocycles. The zero-order valence-electron chi connectivity index (χ0n) is 12.7. The fourth-order valence-corrected chi connectivity index (χ4v) is 2.93. The Bertz CT molecular complexity index is 637. The molecule has 0 aromatic heterocycles. The van der Waals surface area contributed by atoms with Crippen LogP contribution in [0.2, 0.25) is 0 Å². The molecule has 1 atom stereocenters. The second kappa shape index (κ2) is 5.62. The second-order valence-corrected chi connectivity index (χ2v) is 5.19. The number of ether oxygens (including phenoxy) is 1. The van der Waals surface area contributed by atoms with Gasteiger partial charge in [0.15, 0.2) is 0 Å². The maximum Gasteiger partial charge on any atom is 0.144 e. The average Bonchev–Trinajstić information content (AvgIpc) is 2.80. The Labute approximate surface area is 126 Å². The van der Waals surface area contributed by atoms with Crippen LogP contribution in [0.3, 0.4) is 0 Å². The predicted octanol–water partition coefficient (Wildman–Crippen LogP) is 3.54. The van der Waals surface area contributed by atoms with Gasteiger partial charge in [-0.2, -0.15) is 0 Å². The minimum Gasteiger partial charge on any atom is -0.497 e. The average molecular weight is 280 g/mol. The quantitative estimate of drug-likeness (QED) is 0.855. The van der Waals surface area contributed by atoms with Crippen LogP contribution in [0.4, 0.5) is 0 Å². The third kappa shape index (κ3) is 2.30. The summed E-state index contributed by atoms with van der Waals surface area (Å²) in [6, 6.07) is 20.9. The van der Waals surface area contributed by atoms with Gasteiger partial charge >= 0.3 is 0 Å². The lowest BCUT2D eigenvalue weighted by atomic mass is 10.0. The molecule has 1 unspecified atom stereocenters. The normalized spacial score (nSPS) is 19.2. The van der Waals surface area contributed by atoms with Crippen LogP contribution in [0.15, 0.2) is 66.4 Å². The van der Waals surface area contributed by atoms with Gasteiger partial charge in [-0.25, -0.2) is 5.01 Å². The molecule has 0 aliphatic carbocycles. The molecule has 1 heterocycles. The number of likely N-dealkylation sites (N-methyl/N-ethyl adjacent to an activating group) is 1. The molecule has 3 rings (SSSR count). The van der Waals surface area contributed by atoms with Gasteiger partial charge in [0.1, 0.15) is 11.8 Å². The van der Waals surface area contributed by atoms with E-state index in [1.54, 1.807) is 7.11 Å². The molecule has 2 aromatic rings. The number of rotatable bonds is 3. The van der Waals surface area contributed by atoms with E-state index in [9.17, 15) is 0 Å². The van der Waals surface area contributed by atoms with Crippen molar-refractivity contribution in [1.82, 2.24) is 10.0 Å². The topological polar surface area (TPSA) is 15.7 Å². The number of hydrogen-bond donors (Lipinski definition) is 0. The highest BCUT2D eigenvalue weighted by Crippen LogP contribution is 2.42. The Balaban J connectivity index is 2.12. The number of hydrazine groups is 1. The highest BCUT2D eigenvalue weighted by Gasteiger charge is 2.37. The van der Waals surface area contributed by atoms with E-state index in [4.69, 9.17) is 4.74 Å². The molecule has 3 nitrogen and oxygen atoms in total. The molecule has 0 N–H and O–H groups in total. The third-order valence-corrected chi connectivity index (χ3v) is 4.03. The summed E-state index contributed by atoms with van der Waals surface area (Å²) < 4.78 is 5.78. The van der Waals surface area contributed by atoms with Gasteiger partial charge in [-0.05, 0) is 5.56 Å². The fraction of sp³-hybridized carbons (Fsp3) is 0.222. The highest BCUT2D eigenvalue weighted by molar-refractivity contribution is 5.69. The van der Waals surface area contributed by atoms with Crippen molar-refractivity contribution in [3.63, 3.8) is 0 Å². The summed E-state index contributed by atoms with van der Waals surface area (Å²) in [4.78, 5) is 0. The van der Waals surface area contributed by atoms with Crippen molar-refractivity contribution in [3.05, 3.63) is 77.5 Å². The molecule has 0 radical (unpaired) electrons. The summed E-state index contributed by atoms with van der Waals surface area (Å²) in [6.07, 6.45) is 0. The van der Waals surface area contributed by atoms with Crippen molar-refractivity contribution in [2.24, 2.45) is 0 Å². The van der Waals surface area contributed by atoms with Gasteiger partial charge in [0, 0.05) is 19.7 Å². The lowest BCUT2D eigenvalue weighted by molar-refractivity contribution is 0.0668. The minimum atomic E-state index is 0.108. The number of benzene rings is 2. The third-order valence-electron chi connectivity index (χ3n) is 4.03. The molecule has 0 fully saturated rings. The van der Waals surface area contributed by atoms with Crippen LogP contribution in [0.25, 0.3) is 5.70 Å². The molecule has 0 saturated carbocycles. The smallest absolute Gasteiger partial charge is 0.144 e. The monoisotopic (exact) mass is 280 g/mol. The van der Waals surface area contributed by atoms with Crippen molar-refractivity contribution >= 4 is 5.70 Å². The largest absolute Gasteiger partial charge is 0.497 e. The van der Waals surface area contributed by atoms with E-state index in [2.05, 4.69) is 72.6 Å². The minimum absolute atomic E-state index is 0.108. The molecule has 0 bridgehead atoms. The van der Waals surface area contributed by atoms with Crippen molar-refractivity contribution < 1.29 is 4.74 Å². The van der Waals surface area contributed by atoms with Crippen LogP contribution < -0.4 is 0 Å². The van der Waals surface area contributed by atoms with Gasteiger partial charge in [-0.15, -0.1) is 0 Å². The first-order valence-electron chi connectivity index (χ1n) is 7.09. The predicted molar refractivity (Wildman–Crippen MR) is 85.1 cm³/mol. The molecule has 21 heavy (non-hydrogen) atoms. The Hall–Kier alpha value is -2.26. The highest BCUT2D eigenvalue weighted by atomic mass is 16.5. The van der Waals surface area contributed by atoms with Crippen molar-refractivity contribution in [2.45, 2.75) is 6.04 Å². The Morgan fingerprint density at radius 3 is 2.00 bits per heavy atom. The van der Waals surface area contributed by atoms with E-state index in [-0.39, 0.29) is 6.04 Å². The molecular formula is C18H20N2O. The molecule has 0 saturated heterocycles. The van der Waals surface area contributed by atoms with E-state index in [1.165, 1.54) is 11.1 Å². The lowest BCUT2D eigenvalue weighted by Crippen LogP contribution is -2.32. The second-order valence-electron chi connectivity index (χ2n) is 5.19. The fourth-order valence-electron chi connectivity index (χ4n) is 2.93. The Kier molecular flexibility index (Phi) is 3.67. The van der Waals surface area contributed by atoms with E-state index >= 15 is 0 Å². The summed E-state index contributed by atoms with van der Waals surface area (Å²) in [5.41, 5.74) is 3.52. The summed E-state index contributed by atoms with van der Waals surface area (Å²) in [7, 11) is 5.91. The lowest BCUT2D eigenvalue weighted by Gasteiger charge is -2.28. The molecule has 0 spiro atoms. The summed E-state index contributed by atoms with van der Waals surface area (Å²) in [5.74, 6) is 0.984. The van der Waals surface area contributed by atoms with Crippen molar-refractivity contribution in [3.8, 4) is 0 Å². The zero-order chi connectivity index (χ0) is 14.8. The summed E-state index contributed by atoms with van der Waals surface area (Å²) in [5, 5.41) is 4.36. The Morgan fingerprint density at radius 2 is 1.43 bits per heavy atom. The molecule has 3 heteroatoms. The van der Waals surface area contributed by atoms with E-state index in [1.807, 2.05) is 12.1 Å².